The van der Waals surface area contributed by atoms with E-state index in [1.54, 1.807) is 12.1 Å². The molecule has 1 aliphatic heterocycles. The molecule has 1 amide bonds. The number of amides is 1. The Labute approximate surface area is 150 Å². The molecular weight excluding hydrogens is 338 g/mol. The maximum absolute atomic E-state index is 12.4. The van der Waals surface area contributed by atoms with Gasteiger partial charge in [0, 0.05) is 18.4 Å². The number of carbonyl (C=O) groups is 1. The van der Waals surface area contributed by atoms with E-state index in [1.165, 1.54) is 23.5 Å². The van der Waals surface area contributed by atoms with Gasteiger partial charge in [-0.15, -0.1) is 0 Å². The number of benzene rings is 1. The van der Waals surface area contributed by atoms with Crippen LogP contribution in [-0.4, -0.2) is 40.0 Å². The van der Waals surface area contributed by atoms with Crippen LogP contribution in [0.3, 0.4) is 0 Å². The first-order chi connectivity index (χ1) is 11.7. The molecule has 4 N–H and O–H groups in total. The molecule has 6 nitrogen and oxygen atoms in total. The van der Waals surface area contributed by atoms with E-state index in [1.807, 2.05) is 6.92 Å². The van der Waals surface area contributed by atoms with E-state index >= 15 is 0 Å². The summed E-state index contributed by atoms with van der Waals surface area (Å²) < 4.78 is 22.5. The third kappa shape index (κ3) is 5.80. The Morgan fingerprint density at radius 2 is 1.80 bits per heavy atom. The number of primary sulfonamides is 1. The number of carbonyl (C=O) groups excluding carboxylic acids is 1. The zero-order valence-electron chi connectivity index (χ0n) is 15.3. The minimum absolute atomic E-state index is 0.0463. The van der Waals surface area contributed by atoms with Crippen molar-refractivity contribution in [1.82, 2.24) is 5.32 Å². The normalized spacial score (nSPS) is 25.4. The molecule has 0 unspecified atom stereocenters. The number of sulfonamides is 1. The first-order valence-electron chi connectivity index (χ1n) is 8.91. The topological polar surface area (TPSA) is 93.7 Å². The standard InChI is InChI=1S/C18H29N3O3S/c1-13-10-14(2)12-21(11-13)15(3)18(22)20-9-8-16-4-6-17(7-5-16)25(19,23)24/h4-7,13-15H,8-12H2,1-3H3,(H,20,22)(H2,19,23,24)/p+1/t13-,14-,15+/m1/s1. The van der Waals surface area contributed by atoms with Crippen LogP contribution >= 0.6 is 0 Å². The molecule has 0 radical (unpaired) electrons. The summed E-state index contributed by atoms with van der Waals surface area (Å²) in [4.78, 5) is 13.9. The van der Waals surface area contributed by atoms with Crippen molar-refractivity contribution in [2.24, 2.45) is 17.0 Å². The largest absolute Gasteiger partial charge is 0.351 e. The number of piperidine rings is 1. The van der Waals surface area contributed by atoms with Gasteiger partial charge in [-0.05, 0) is 37.5 Å². The van der Waals surface area contributed by atoms with Gasteiger partial charge in [-0.25, -0.2) is 13.6 Å². The van der Waals surface area contributed by atoms with E-state index in [-0.39, 0.29) is 16.8 Å². The van der Waals surface area contributed by atoms with Crippen LogP contribution in [0.5, 0.6) is 0 Å². The predicted molar refractivity (Wildman–Crippen MR) is 97.6 cm³/mol. The summed E-state index contributed by atoms with van der Waals surface area (Å²) in [5.74, 6) is 1.40. The van der Waals surface area contributed by atoms with Crippen LogP contribution in [0.1, 0.15) is 32.8 Å². The highest BCUT2D eigenvalue weighted by Gasteiger charge is 2.32. The van der Waals surface area contributed by atoms with Crippen LogP contribution < -0.4 is 15.4 Å². The molecule has 1 saturated heterocycles. The fraction of sp³-hybridized carbons (Fsp3) is 0.611. The molecule has 1 fully saturated rings. The summed E-state index contributed by atoms with van der Waals surface area (Å²) in [5.41, 5.74) is 0.966. The van der Waals surface area contributed by atoms with Crippen LogP contribution in [0.4, 0.5) is 0 Å². The van der Waals surface area contributed by atoms with Crippen LogP contribution in [0.25, 0.3) is 0 Å². The highest BCUT2D eigenvalue weighted by atomic mass is 32.2. The summed E-state index contributed by atoms with van der Waals surface area (Å²) in [6.45, 7) is 9.14. The van der Waals surface area contributed by atoms with E-state index in [2.05, 4.69) is 19.2 Å². The van der Waals surface area contributed by atoms with Gasteiger partial charge in [0.2, 0.25) is 10.0 Å². The molecule has 7 heteroatoms. The zero-order valence-corrected chi connectivity index (χ0v) is 16.1. The maximum atomic E-state index is 12.4. The smallest absolute Gasteiger partial charge is 0.278 e. The van der Waals surface area contributed by atoms with Gasteiger partial charge < -0.3 is 10.2 Å². The highest BCUT2D eigenvalue weighted by molar-refractivity contribution is 7.89. The molecule has 1 heterocycles. The van der Waals surface area contributed by atoms with E-state index in [4.69, 9.17) is 5.14 Å². The number of hydrogen-bond acceptors (Lipinski definition) is 3. The van der Waals surface area contributed by atoms with E-state index in [9.17, 15) is 13.2 Å². The molecule has 0 aliphatic carbocycles. The number of rotatable bonds is 6. The molecule has 0 spiro atoms. The van der Waals surface area contributed by atoms with Gasteiger partial charge in [0.15, 0.2) is 6.04 Å². The minimum Gasteiger partial charge on any atom is -0.351 e. The lowest BCUT2D eigenvalue weighted by Crippen LogP contribution is -3.18. The number of nitrogens with two attached hydrogens (primary N) is 1. The van der Waals surface area contributed by atoms with E-state index < -0.39 is 10.0 Å². The molecule has 0 bridgehead atoms. The lowest BCUT2D eigenvalue weighted by Gasteiger charge is -2.35. The van der Waals surface area contributed by atoms with E-state index in [0.29, 0.717) is 24.8 Å². The average molecular weight is 369 g/mol. The monoisotopic (exact) mass is 368 g/mol. The van der Waals surface area contributed by atoms with Crippen molar-refractivity contribution in [3.63, 3.8) is 0 Å². The van der Waals surface area contributed by atoms with Crippen LogP contribution in [0.2, 0.25) is 0 Å². The van der Waals surface area contributed by atoms with Gasteiger partial charge >= 0.3 is 0 Å². The van der Waals surface area contributed by atoms with Gasteiger partial charge in [0.05, 0.1) is 18.0 Å². The second kappa shape index (κ2) is 8.29. The summed E-state index contributed by atoms with van der Waals surface area (Å²) >= 11 is 0. The van der Waals surface area contributed by atoms with Crippen LogP contribution in [-0.2, 0) is 21.2 Å². The predicted octanol–water partition coefficient (Wildman–Crippen LogP) is -0.0580. The maximum Gasteiger partial charge on any atom is 0.278 e. The summed E-state index contributed by atoms with van der Waals surface area (Å²) in [6, 6.07) is 6.41. The molecule has 140 valence electrons. The molecular formula is C18H30N3O3S+. The Balaban J connectivity index is 1.81. The molecule has 25 heavy (non-hydrogen) atoms. The SMILES string of the molecule is C[C@@H]1C[C@@H](C)C[NH+]([C@@H](C)C(=O)NCCc2ccc(S(N)(=O)=O)cc2)C1. The zero-order chi connectivity index (χ0) is 18.6. The Kier molecular flexibility index (Phi) is 6.59. The van der Waals surface area contributed by atoms with Gasteiger partial charge in [-0.2, -0.15) is 0 Å². The van der Waals surface area contributed by atoms with Crippen molar-refractivity contribution in [2.45, 2.75) is 44.6 Å². The summed E-state index contributed by atoms with van der Waals surface area (Å²) in [6.07, 6.45) is 1.90. The summed E-state index contributed by atoms with van der Waals surface area (Å²) in [5, 5.41) is 8.08. The second-order valence-corrected chi connectivity index (χ2v) is 9.03. The number of likely N-dealkylation sites (tertiary alicyclic amines) is 1. The molecule has 1 aromatic carbocycles. The second-order valence-electron chi connectivity index (χ2n) is 7.46. The van der Waals surface area contributed by atoms with Crippen molar-refractivity contribution in [1.29, 1.82) is 0 Å². The van der Waals surface area contributed by atoms with Gasteiger partial charge in [0.25, 0.3) is 5.91 Å². The van der Waals surface area contributed by atoms with Crippen molar-refractivity contribution in [2.75, 3.05) is 19.6 Å². The minimum atomic E-state index is -3.66. The molecule has 0 aromatic heterocycles. The Morgan fingerprint density at radius 3 is 2.32 bits per heavy atom. The van der Waals surface area contributed by atoms with Gasteiger partial charge in [-0.3, -0.25) is 4.79 Å². The number of nitrogens with one attached hydrogen (secondary N) is 2. The van der Waals surface area contributed by atoms with Crippen molar-refractivity contribution < 1.29 is 18.1 Å². The Bertz CT molecular complexity index is 678. The van der Waals surface area contributed by atoms with Gasteiger partial charge in [-0.1, -0.05) is 26.0 Å². The molecule has 1 aromatic rings. The van der Waals surface area contributed by atoms with E-state index in [0.717, 1.165) is 18.7 Å². The first-order valence-corrected chi connectivity index (χ1v) is 10.5. The number of hydrogen-bond donors (Lipinski definition) is 3. The fourth-order valence-corrected chi connectivity index (χ4v) is 4.22. The van der Waals surface area contributed by atoms with Crippen molar-refractivity contribution in [3.8, 4) is 0 Å². The highest BCUT2D eigenvalue weighted by Crippen LogP contribution is 2.12. The third-order valence-electron chi connectivity index (χ3n) is 5.00. The van der Waals surface area contributed by atoms with Crippen LogP contribution in [0.15, 0.2) is 29.2 Å². The average Bonchev–Trinajstić information content (AvgIpc) is 2.52. The van der Waals surface area contributed by atoms with Crippen molar-refractivity contribution >= 4 is 15.9 Å². The fourth-order valence-electron chi connectivity index (χ4n) is 3.70. The quantitative estimate of drug-likeness (QED) is 0.657. The van der Waals surface area contributed by atoms with Gasteiger partial charge in [0.1, 0.15) is 0 Å². The Morgan fingerprint density at radius 1 is 1.24 bits per heavy atom. The lowest BCUT2D eigenvalue weighted by molar-refractivity contribution is -0.925. The third-order valence-corrected chi connectivity index (χ3v) is 5.93. The molecule has 3 atom stereocenters. The van der Waals surface area contributed by atoms with Crippen molar-refractivity contribution in [3.05, 3.63) is 29.8 Å². The Hall–Kier alpha value is -1.44. The molecule has 2 rings (SSSR count). The lowest BCUT2D eigenvalue weighted by atomic mass is 9.91. The molecule has 0 saturated carbocycles. The number of quaternary nitrogens is 1. The first kappa shape index (κ1) is 19.9. The molecule has 1 aliphatic rings. The van der Waals surface area contributed by atoms with Crippen LogP contribution in [0, 0.1) is 11.8 Å². The summed E-state index contributed by atoms with van der Waals surface area (Å²) in [7, 11) is -3.66.